The van der Waals surface area contributed by atoms with Crippen LogP contribution in [0.5, 0.6) is 0 Å². The molecule has 0 heterocycles. The van der Waals surface area contributed by atoms with E-state index in [1.54, 1.807) is 0 Å². The molecule has 12 N–H and O–H groups in total. The van der Waals surface area contributed by atoms with Crippen molar-refractivity contribution in [3.8, 4) is 0 Å². The molecule has 0 aromatic heterocycles. The largest absolute Gasteiger partial charge is 0.480 e. The molecule has 0 aliphatic carbocycles. The number of carboxylic acid groups (broad SMARTS) is 1. The molecule has 0 aromatic rings. The van der Waals surface area contributed by atoms with Crippen LogP contribution in [-0.2, 0) is 33.6 Å². The molecule has 0 spiro atoms. The van der Waals surface area contributed by atoms with Crippen molar-refractivity contribution in [2.75, 3.05) is 12.0 Å². The molecule has 34 heavy (non-hydrogen) atoms. The van der Waals surface area contributed by atoms with Crippen LogP contribution in [0.2, 0.25) is 0 Å². The second-order valence-electron chi connectivity index (χ2n) is 7.26. The quantitative estimate of drug-likeness (QED) is 0.0939. The van der Waals surface area contributed by atoms with Gasteiger partial charge in [-0.25, -0.2) is 4.79 Å². The maximum Gasteiger partial charge on any atom is 0.326 e. The lowest BCUT2D eigenvalue weighted by Crippen LogP contribution is -2.58. The predicted octanol–water partition coefficient (Wildman–Crippen LogP) is -4.38. The van der Waals surface area contributed by atoms with Gasteiger partial charge < -0.3 is 44.0 Å². The Morgan fingerprint density at radius 2 is 1.21 bits per heavy atom. The fourth-order valence-electron chi connectivity index (χ4n) is 2.57. The summed E-state index contributed by atoms with van der Waals surface area (Å²) in [5, 5.41) is 15.7. The number of amides is 6. The van der Waals surface area contributed by atoms with E-state index in [2.05, 4.69) is 10.6 Å². The van der Waals surface area contributed by atoms with Crippen LogP contribution in [0.4, 0.5) is 0 Å². The standard InChI is InChI=1S/C18H31N7O8S/c1-34-5-4-8(19)15(29)24-10(6-13(21)27)17(31)23-9(2-3-12(20)26)16(30)25-11(18(32)33)7-14(22)28/h8-11H,2-7,19H2,1H3,(H2,20,26)(H2,21,27)(H2,22,28)(H,23,31)(H,24,29)(H,25,30)(H,32,33). The van der Waals surface area contributed by atoms with Crippen molar-refractivity contribution in [2.45, 2.75) is 56.3 Å². The van der Waals surface area contributed by atoms with E-state index in [0.717, 1.165) is 0 Å². The van der Waals surface area contributed by atoms with Crippen molar-refractivity contribution in [1.82, 2.24) is 16.0 Å². The van der Waals surface area contributed by atoms with Crippen molar-refractivity contribution in [1.29, 1.82) is 0 Å². The number of hydrogen-bond acceptors (Lipinski definition) is 9. The van der Waals surface area contributed by atoms with Crippen LogP contribution in [0.1, 0.15) is 32.1 Å². The van der Waals surface area contributed by atoms with E-state index >= 15 is 0 Å². The normalized spacial score (nSPS) is 14.1. The Labute approximate surface area is 199 Å². The zero-order valence-corrected chi connectivity index (χ0v) is 19.4. The number of carboxylic acids is 1. The third kappa shape index (κ3) is 12.6. The number of hydrogen-bond donors (Lipinski definition) is 8. The summed E-state index contributed by atoms with van der Waals surface area (Å²) in [6, 6.07) is -5.69. The van der Waals surface area contributed by atoms with Gasteiger partial charge in [0.15, 0.2) is 0 Å². The van der Waals surface area contributed by atoms with Gasteiger partial charge in [-0.05, 0) is 24.9 Å². The van der Waals surface area contributed by atoms with Gasteiger partial charge in [0.1, 0.15) is 18.1 Å². The van der Waals surface area contributed by atoms with E-state index in [1.807, 2.05) is 11.6 Å². The van der Waals surface area contributed by atoms with Crippen LogP contribution in [-0.4, -0.2) is 82.7 Å². The molecule has 0 rings (SSSR count). The highest BCUT2D eigenvalue weighted by Crippen LogP contribution is 2.04. The summed E-state index contributed by atoms with van der Waals surface area (Å²) in [5.74, 6) is -6.59. The van der Waals surface area contributed by atoms with E-state index in [9.17, 15) is 33.6 Å². The number of primary amides is 3. The van der Waals surface area contributed by atoms with Crippen molar-refractivity contribution in [3.05, 3.63) is 0 Å². The van der Waals surface area contributed by atoms with Crippen molar-refractivity contribution >= 4 is 53.2 Å². The van der Waals surface area contributed by atoms with Crippen LogP contribution in [0, 0.1) is 0 Å². The second-order valence-corrected chi connectivity index (χ2v) is 8.24. The molecule has 0 aromatic carbocycles. The molecule has 0 saturated heterocycles. The average Bonchev–Trinajstić information content (AvgIpc) is 2.72. The lowest BCUT2D eigenvalue weighted by Gasteiger charge is -2.24. The minimum absolute atomic E-state index is 0.290. The minimum Gasteiger partial charge on any atom is -0.480 e. The Hall–Kier alpha value is -3.40. The van der Waals surface area contributed by atoms with Crippen LogP contribution in [0.3, 0.4) is 0 Å². The SMILES string of the molecule is CSCCC(N)C(=O)NC(CC(N)=O)C(=O)NC(CCC(N)=O)C(=O)NC(CC(N)=O)C(=O)O. The Kier molecular flexibility index (Phi) is 13.9. The Balaban J connectivity index is 5.57. The van der Waals surface area contributed by atoms with Crippen molar-refractivity contribution < 1.29 is 38.7 Å². The van der Waals surface area contributed by atoms with Gasteiger partial charge in [-0.3, -0.25) is 28.8 Å². The summed E-state index contributed by atoms with van der Waals surface area (Å²) in [7, 11) is 0. The number of aliphatic carboxylic acids is 1. The summed E-state index contributed by atoms with van der Waals surface area (Å²) in [4.78, 5) is 82.5. The number of nitrogens with one attached hydrogen (secondary N) is 3. The zero-order valence-electron chi connectivity index (χ0n) is 18.6. The highest BCUT2D eigenvalue weighted by molar-refractivity contribution is 7.98. The molecule has 0 fully saturated rings. The molecular weight excluding hydrogens is 474 g/mol. The third-order valence-electron chi connectivity index (χ3n) is 4.34. The topological polar surface area (TPSA) is 280 Å². The van der Waals surface area contributed by atoms with Gasteiger partial charge in [-0.15, -0.1) is 0 Å². The first-order valence-corrected chi connectivity index (χ1v) is 11.4. The number of rotatable bonds is 17. The first-order valence-electron chi connectivity index (χ1n) is 10.0. The molecule has 0 aliphatic rings. The summed E-state index contributed by atoms with van der Waals surface area (Å²) in [6.07, 6.45) is 0.0163. The van der Waals surface area contributed by atoms with E-state index in [0.29, 0.717) is 5.75 Å². The molecule has 15 nitrogen and oxygen atoms in total. The van der Waals surface area contributed by atoms with Gasteiger partial charge in [0, 0.05) is 6.42 Å². The van der Waals surface area contributed by atoms with Crippen LogP contribution < -0.4 is 38.9 Å². The van der Waals surface area contributed by atoms with Gasteiger partial charge in [-0.1, -0.05) is 0 Å². The number of thioether (sulfide) groups is 1. The summed E-state index contributed by atoms with van der Waals surface area (Å²) in [6.45, 7) is 0. The molecule has 4 unspecified atom stereocenters. The average molecular weight is 506 g/mol. The van der Waals surface area contributed by atoms with Crippen LogP contribution in [0.25, 0.3) is 0 Å². The molecule has 0 saturated carbocycles. The van der Waals surface area contributed by atoms with Gasteiger partial charge in [-0.2, -0.15) is 11.8 Å². The number of nitrogens with two attached hydrogens (primary N) is 4. The highest BCUT2D eigenvalue weighted by atomic mass is 32.2. The maximum absolute atomic E-state index is 12.7. The van der Waals surface area contributed by atoms with E-state index < -0.39 is 78.4 Å². The van der Waals surface area contributed by atoms with Crippen molar-refractivity contribution in [3.63, 3.8) is 0 Å². The van der Waals surface area contributed by atoms with Crippen LogP contribution in [0.15, 0.2) is 0 Å². The van der Waals surface area contributed by atoms with Gasteiger partial charge >= 0.3 is 5.97 Å². The molecule has 192 valence electrons. The highest BCUT2D eigenvalue weighted by Gasteiger charge is 2.31. The van der Waals surface area contributed by atoms with E-state index in [1.165, 1.54) is 11.8 Å². The van der Waals surface area contributed by atoms with Crippen LogP contribution >= 0.6 is 11.8 Å². The molecule has 16 heteroatoms. The Morgan fingerprint density at radius 3 is 1.68 bits per heavy atom. The third-order valence-corrected chi connectivity index (χ3v) is 4.98. The summed E-state index contributed by atoms with van der Waals surface area (Å²) >= 11 is 1.45. The zero-order chi connectivity index (χ0) is 26.4. The second kappa shape index (κ2) is 15.4. The Bertz CT molecular complexity index is 794. The maximum atomic E-state index is 12.7. The molecule has 6 amide bonds. The molecule has 4 atom stereocenters. The smallest absolute Gasteiger partial charge is 0.326 e. The monoisotopic (exact) mass is 505 g/mol. The summed E-state index contributed by atoms with van der Waals surface area (Å²) < 4.78 is 0. The molecule has 0 aliphatic heterocycles. The lowest BCUT2D eigenvalue weighted by atomic mass is 10.1. The van der Waals surface area contributed by atoms with E-state index in [4.69, 9.17) is 28.0 Å². The van der Waals surface area contributed by atoms with Gasteiger partial charge in [0.05, 0.1) is 18.9 Å². The van der Waals surface area contributed by atoms with Crippen molar-refractivity contribution in [2.24, 2.45) is 22.9 Å². The first-order chi connectivity index (χ1) is 15.8. The Morgan fingerprint density at radius 1 is 0.735 bits per heavy atom. The number of carbonyl (C=O) groups excluding carboxylic acids is 6. The van der Waals surface area contributed by atoms with E-state index in [-0.39, 0.29) is 19.3 Å². The summed E-state index contributed by atoms with van der Waals surface area (Å²) in [5.41, 5.74) is 20.9. The lowest BCUT2D eigenvalue weighted by molar-refractivity contribution is -0.144. The fraction of sp³-hybridized carbons (Fsp3) is 0.611. The van der Waals surface area contributed by atoms with Gasteiger partial charge in [0.25, 0.3) is 0 Å². The van der Waals surface area contributed by atoms with Gasteiger partial charge in [0.2, 0.25) is 35.4 Å². The predicted molar refractivity (Wildman–Crippen MR) is 120 cm³/mol. The fourth-order valence-corrected chi connectivity index (χ4v) is 3.06. The number of carbonyl (C=O) groups is 7. The minimum atomic E-state index is -1.70. The first kappa shape index (κ1) is 30.6. The molecule has 0 radical (unpaired) electrons. The molecule has 0 bridgehead atoms. The molecular formula is C18H31N7O8S.